The zero-order chi connectivity index (χ0) is 8.10. The van der Waals surface area contributed by atoms with Gasteiger partial charge in [0.25, 0.3) is 0 Å². The normalized spacial score (nSPS) is 10.7. The number of aliphatic imine (C=N–C) groups is 1. The van der Waals surface area contributed by atoms with Crippen LogP contribution in [0.4, 0.5) is 5.69 Å². The number of hydrogen-bond acceptors (Lipinski definition) is 1. The highest BCUT2D eigenvalue weighted by Gasteiger charge is 1.93. The van der Waals surface area contributed by atoms with E-state index < -0.39 is 0 Å². The Morgan fingerprint density at radius 2 is 2.09 bits per heavy atom. The first-order valence-corrected chi connectivity index (χ1v) is 3.95. The summed E-state index contributed by atoms with van der Waals surface area (Å²) in [6, 6.07) is 8.22. The van der Waals surface area contributed by atoms with Crippen molar-refractivity contribution in [2.24, 2.45) is 4.99 Å². The van der Waals surface area contributed by atoms with Crippen LogP contribution in [-0.2, 0) is 6.42 Å². The fraction of sp³-hybridized carbons (Fsp3) is 0.300. The Hall–Kier alpha value is -1.11. The lowest BCUT2D eigenvalue weighted by Crippen LogP contribution is -1.79. The minimum atomic E-state index is 1.05. The summed E-state index contributed by atoms with van der Waals surface area (Å²) in [5, 5.41) is 0. The molecule has 0 N–H and O–H groups in total. The summed E-state index contributed by atoms with van der Waals surface area (Å²) in [5.41, 5.74) is 2.41. The van der Waals surface area contributed by atoms with Crippen molar-refractivity contribution >= 4 is 11.9 Å². The van der Waals surface area contributed by atoms with Gasteiger partial charge in [-0.05, 0) is 25.0 Å². The van der Waals surface area contributed by atoms with Crippen LogP contribution in [0.15, 0.2) is 29.3 Å². The van der Waals surface area contributed by atoms with Gasteiger partial charge in [-0.3, -0.25) is 4.99 Å². The third-order valence-electron chi connectivity index (χ3n) is 1.64. The van der Waals surface area contributed by atoms with Crippen LogP contribution in [0.3, 0.4) is 0 Å². The molecule has 58 valence electrons. The Morgan fingerprint density at radius 1 is 1.36 bits per heavy atom. The Labute approximate surface area is 67.8 Å². The van der Waals surface area contributed by atoms with E-state index >= 15 is 0 Å². The van der Waals surface area contributed by atoms with E-state index in [9.17, 15) is 0 Å². The van der Waals surface area contributed by atoms with Crippen LogP contribution in [0, 0.1) is 0 Å². The molecule has 0 spiro atoms. The summed E-state index contributed by atoms with van der Waals surface area (Å²) >= 11 is 0. The van der Waals surface area contributed by atoms with Crippen molar-refractivity contribution in [2.75, 3.05) is 0 Å². The lowest BCUT2D eigenvalue weighted by molar-refractivity contribution is 1.13. The molecule has 0 saturated heterocycles. The van der Waals surface area contributed by atoms with Crippen LogP contribution >= 0.6 is 0 Å². The second-order valence-electron chi connectivity index (χ2n) is 2.37. The summed E-state index contributed by atoms with van der Waals surface area (Å²) in [6.07, 6.45) is 2.88. The van der Waals surface area contributed by atoms with Gasteiger partial charge in [-0.1, -0.05) is 25.1 Å². The quantitative estimate of drug-likeness (QED) is 0.570. The van der Waals surface area contributed by atoms with Gasteiger partial charge < -0.3 is 0 Å². The highest BCUT2D eigenvalue weighted by molar-refractivity contribution is 5.62. The highest BCUT2D eigenvalue weighted by Crippen LogP contribution is 2.17. The van der Waals surface area contributed by atoms with Crippen LogP contribution < -0.4 is 0 Å². The second kappa shape index (κ2) is 3.91. The Morgan fingerprint density at radius 3 is 2.73 bits per heavy atom. The summed E-state index contributed by atoms with van der Waals surface area (Å²) < 4.78 is 0. The average molecular weight is 147 g/mol. The number of benzene rings is 1. The van der Waals surface area contributed by atoms with Crippen LogP contribution in [-0.4, -0.2) is 6.21 Å². The van der Waals surface area contributed by atoms with Gasteiger partial charge in [0.1, 0.15) is 0 Å². The molecular weight excluding hydrogens is 134 g/mol. The van der Waals surface area contributed by atoms with Gasteiger partial charge in [0.05, 0.1) is 5.69 Å². The molecular formula is C10H13N. The number of aryl methyl sites for hydroxylation is 1. The minimum absolute atomic E-state index is 1.05. The van der Waals surface area contributed by atoms with Crippen molar-refractivity contribution in [3.63, 3.8) is 0 Å². The van der Waals surface area contributed by atoms with Gasteiger partial charge >= 0.3 is 0 Å². The lowest BCUT2D eigenvalue weighted by atomic mass is 10.1. The third-order valence-corrected chi connectivity index (χ3v) is 1.64. The van der Waals surface area contributed by atoms with E-state index in [1.807, 2.05) is 31.3 Å². The van der Waals surface area contributed by atoms with Crippen molar-refractivity contribution in [2.45, 2.75) is 20.3 Å². The molecule has 1 rings (SSSR count). The third kappa shape index (κ3) is 1.90. The monoisotopic (exact) mass is 147 g/mol. The standard InChI is InChI=1S/C10H13N/c1-3-9-7-5-6-8-10(9)11-4-2/h4-8H,3H2,1-2H3. The molecule has 0 aromatic heterocycles. The van der Waals surface area contributed by atoms with E-state index in [4.69, 9.17) is 0 Å². The largest absolute Gasteiger partial charge is 0.261 e. The number of rotatable bonds is 2. The number of nitrogens with zero attached hydrogens (tertiary/aromatic N) is 1. The smallest absolute Gasteiger partial charge is 0.0657 e. The molecule has 0 atom stereocenters. The molecule has 0 unspecified atom stereocenters. The highest BCUT2D eigenvalue weighted by atomic mass is 14.7. The van der Waals surface area contributed by atoms with Gasteiger partial charge in [0, 0.05) is 6.21 Å². The van der Waals surface area contributed by atoms with Gasteiger partial charge in [0.15, 0.2) is 0 Å². The maximum absolute atomic E-state index is 4.25. The molecule has 11 heavy (non-hydrogen) atoms. The summed E-state index contributed by atoms with van der Waals surface area (Å²) in [4.78, 5) is 4.25. The van der Waals surface area contributed by atoms with Gasteiger partial charge in [-0.2, -0.15) is 0 Å². The molecule has 1 heteroatoms. The maximum atomic E-state index is 4.25. The van der Waals surface area contributed by atoms with Crippen molar-refractivity contribution < 1.29 is 0 Å². The SMILES string of the molecule is CC=Nc1ccccc1CC. The second-order valence-corrected chi connectivity index (χ2v) is 2.37. The molecule has 1 nitrogen and oxygen atoms in total. The van der Waals surface area contributed by atoms with Crippen molar-refractivity contribution in [3.05, 3.63) is 29.8 Å². The van der Waals surface area contributed by atoms with E-state index in [2.05, 4.69) is 18.0 Å². The zero-order valence-electron chi connectivity index (χ0n) is 7.04. The predicted molar refractivity (Wildman–Crippen MR) is 49.6 cm³/mol. The van der Waals surface area contributed by atoms with E-state index in [0.29, 0.717) is 0 Å². The number of para-hydroxylation sites is 1. The molecule has 0 aliphatic carbocycles. The topological polar surface area (TPSA) is 12.4 Å². The van der Waals surface area contributed by atoms with Crippen LogP contribution in [0.25, 0.3) is 0 Å². The van der Waals surface area contributed by atoms with Crippen molar-refractivity contribution in [1.82, 2.24) is 0 Å². The molecule has 0 aliphatic rings. The summed E-state index contributed by atoms with van der Waals surface area (Å²) in [7, 11) is 0. The number of hydrogen-bond donors (Lipinski definition) is 0. The summed E-state index contributed by atoms with van der Waals surface area (Å²) in [6.45, 7) is 4.08. The van der Waals surface area contributed by atoms with E-state index in [0.717, 1.165) is 12.1 Å². The molecule has 0 saturated carbocycles. The first kappa shape index (κ1) is 7.99. The molecule has 0 aliphatic heterocycles. The van der Waals surface area contributed by atoms with Crippen LogP contribution in [0.2, 0.25) is 0 Å². The molecule has 0 radical (unpaired) electrons. The van der Waals surface area contributed by atoms with E-state index in [1.54, 1.807) is 0 Å². The Bertz CT molecular complexity index is 251. The molecule has 1 aromatic rings. The Kier molecular flexibility index (Phi) is 2.84. The molecule has 1 aromatic carbocycles. The van der Waals surface area contributed by atoms with Crippen LogP contribution in [0.1, 0.15) is 19.4 Å². The molecule has 0 bridgehead atoms. The molecule has 0 heterocycles. The van der Waals surface area contributed by atoms with Crippen molar-refractivity contribution in [1.29, 1.82) is 0 Å². The first-order valence-electron chi connectivity index (χ1n) is 3.95. The van der Waals surface area contributed by atoms with Gasteiger partial charge in [0.2, 0.25) is 0 Å². The van der Waals surface area contributed by atoms with Crippen LogP contribution in [0.5, 0.6) is 0 Å². The van der Waals surface area contributed by atoms with Gasteiger partial charge in [-0.25, -0.2) is 0 Å². The fourth-order valence-corrected chi connectivity index (χ4v) is 1.07. The van der Waals surface area contributed by atoms with E-state index in [-0.39, 0.29) is 0 Å². The Balaban J connectivity index is 3.02. The molecule has 0 amide bonds. The van der Waals surface area contributed by atoms with Gasteiger partial charge in [-0.15, -0.1) is 0 Å². The average Bonchev–Trinajstić information content (AvgIpc) is 2.06. The first-order chi connectivity index (χ1) is 5.38. The van der Waals surface area contributed by atoms with Crippen molar-refractivity contribution in [3.8, 4) is 0 Å². The maximum Gasteiger partial charge on any atom is 0.0657 e. The predicted octanol–water partition coefficient (Wildman–Crippen LogP) is 2.97. The fourth-order valence-electron chi connectivity index (χ4n) is 1.07. The minimum Gasteiger partial charge on any atom is -0.261 e. The summed E-state index contributed by atoms with van der Waals surface area (Å²) in [5.74, 6) is 0. The molecule has 0 fully saturated rings. The zero-order valence-corrected chi connectivity index (χ0v) is 7.04. The van der Waals surface area contributed by atoms with E-state index in [1.165, 1.54) is 5.56 Å². The lowest BCUT2D eigenvalue weighted by Gasteiger charge is -1.99.